The van der Waals surface area contributed by atoms with Gasteiger partial charge in [-0.1, -0.05) is 19.1 Å². The molecule has 0 radical (unpaired) electrons. The van der Waals surface area contributed by atoms with Crippen molar-refractivity contribution in [2.24, 2.45) is 4.99 Å². The van der Waals surface area contributed by atoms with Crippen LogP contribution in [0.2, 0.25) is 0 Å². The van der Waals surface area contributed by atoms with Gasteiger partial charge in [-0.3, -0.25) is 0 Å². The maximum absolute atomic E-state index is 11.9. The zero-order chi connectivity index (χ0) is 20.7. The third-order valence-corrected chi connectivity index (χ3v) is 6.71. The van der Waals surface area contributed by atoms with Crippen LogP contribution in [0.25, 0.3) is 0 Å². The second kappa shape index (κ2) is 9.97. The van der Waals surface area contributed by atoms with Crippen molar-refractivity contribution in [2.45, 2.75) is 65.4 Å². The summed E-state index contributed by atoms with van der Waals surface area (Å²) in [5.74, 6) is 1.43. The van der Waals surface area contributed by atoms with Gasteiger partial charge in [0.2, 0.25) is 0 Å². The quantitative estimate of drug-likeness (QED) is 0.494. The molecule has 0 aliphatic carbocycles. The second-order valence-corrected chi connectivity index (χ2v) is 10.2. The first-order valence-corrected chi connectivity index (χ1v) is 11.4. The molecule has 0 aliphatic rings. The highest BCUT2D eigenvalue weighted by molar-refractivity contribution is 7.92. The van der Waals surface area contributed by atoms with Crippen LogP contribution in [-0.4, -0.2) is 44.6 Å². The van der Waals surface area contributed by atoms with E-state index >= 15 is 0 Å². The Morgan fingerprint density at radius 1 is 1.26 bits per heavy atom. The molecule has 154 valence electrons. The normalized spacial score (nSPS) is 14.0. The summed E-state index contributed by atoms with van der Waals surface area (Å²) in [6.45, 7) is 13.0. The summed E-state index contributed by atoms with van der Waals surface area (Å²) in [5.41, 5.74) is 2.14. The van der Waals surface area contributed by atoms with Gasteiger partial charge in [0.15, 0.2) is 15.8 Å². The molecule has 0 saturated carbocycles. The van der Waals surface area contributed by atoms with Gasteiger partial charge >= 0.3 is 0 Å². The van der Waals surface area contributed by atoms with E-state index in [-0.39, 0.29) is 12.6 Å². The molecular formula is C20H35N3O3S. The Balaban J connectivity index is 2.95. The number of guanidine groups is 1. The zero-order valence-electron chi connectivity index (χ0n) is 17.7. The lowest BCUT2D eigenvalue weighted by Gasteiger charge is -2.24. The second-order valence-electron chi connectivity index (χ2n) is 7.53. The van der Waals surface area contributed by atoms with Gasteiger partial charge in [0.1, 0.15) is 5.75 Å². The third-order valence-electron chi connectivity index (χ3n) is 4.56. The van der Waals surface area contributed by atoms with E-state index in [1.165, 1.54) is 6.26 Å². The van der Waals surface area contributed by atoms with E-state index in [0.717, 1.165) is 23.3 Å². The molecule has 0 fully saturated rings. The number of rotatable bonds is 9. The van der Waals surface area contributed by atoms with E-state index in [0.29, 0.717) is 19.0 Å². The molecule has 1 aromatic carbocycles. The summed E-state index contributed by atoms with van der Waals surface area (Å²) >= 11 is 0. The van der Waals surface area contributed by atoms with Crippen LogP contribution in [0.1, 0.15) is 52.2 Å². The van der Waals surface area contributed by atoms with Gasteiger partial charge in [-0.15, -0.1) is 0 Å². The number of aliphatic imine (C=N–C) groups is 1. The summed E-state index contributed by atoms with van der Waals surface area (Å²) in [7, 11) is -3.17. The lowest BCUT2D eigenvalue weighted by molar-refractivity contribution is 0.215. The smallest absolute Gasteiger partial charge is 0.191 e. The largest absolute Gasteiger partial charge is 0.490 e. The predicted molar refractivity (Wildman–Crippen MR) is 113 cm³/mol. The molecule has 0 aliphatic heterocycles. The minimum Gasteiger partial charge on any atom is -0.490 e. The molecule has 7 heteroatoms. The molecule has 0 aromatic heterocycles. The summed E-state index contributed by atoms with van der Waals surface area (Å²) in [5, 5.41) is 6.30. The average Bonchev–Trinajstić information content (AvgIpc) is 2.57. The Hall–Kier alpha value is -1.76. The Labute approximate surface area is 164 Å². The van der Waals surface area contributed by atoms with E-state index in [1.807, 2.05) is 39.0 Å². The Kier molecular flexibility index (Phi) is 8.59. The van der Waals surface area contributed by atoms with Gasteiger partial charge in [-0.25, -0.2) is 13.4 Å². The van der Waals surface area contributed by atoms with Crippen molar-refractivity contribution in [2.75, 3.05) is 19.3 Å². The molecule has 0 amide bonds. The average molecular weight is 398 g/mol. The Bertz CT molecular complexity index is 743. The fourth-order valence-corrected chi connectivity index (χ4v) is 2.47. The molecule has 1 aromatic rings. The first kappa shape index (κ1) is 23.3. The molecule has 1 unspecified atom stereocenters. The monoisotopic (exact) mass is 397 g/mol. The van der Waals surface area contributed by atoms with Crippen molar-refractivity contribution in [1.29, 1.82) is 0 Å². The van der Waals surface area contributed by atoms with E-state index in [9.17, 15) is 8.42 Å². The van der Waals surface area contributed by atoms with Gasteiger partial charge in [-0.2, -0.15) is 0 Å². The molecule has 27 heavy (non-hydrogen) atoms. The number of benzene rings is 1. The van der Waals surface area contributed by atoms with Crippen LogP contribution < -0.4 is 15.4 Å². The Morgan fingerprint density at radius 3 is 2.48 bits per heavy atom. The van der Waals surface area contributed by atoms with Crippen LogP contribution in [0.3, 0.4) is 0 Å². The SMILES string of the molecule is CCNC(=NCc1ccc(C)cc1OC(C)CC)NCC(C)(C)S(C)(=O)=O. The molecule has 0 spiro atoms. The van der Waals surface area contributed by atoms with Crippen molar-refractivity contribution >= 4 is 15.8 Å². The minimum atomic E-state index is -3.17. The standard InChI is InChI=1S/C20H35N3O3S/c1-8-16(4)26-18-12-15(3)10-11-17(18)13-22-19(21-9-2)23-14-20(5,6)27(7,24)25/h10-12,16H,8-9,13-14H2,1-7H3,(H2,21,22,23). The lowest BCUT2D eigenvalue weighted by atomic mass is 10.1. The van der Waals surface area contributed by atoms with Gasteiger partial charge in [-0.05, 0) is 52.7 Å². The van der Waals surface area contributed by atoms with Gasteiger partial charge in [0.05, 0.1) is 17.4 Å². The Morgan fingerprint density at radius 2 is 1.93 bits per heavy atom. The van der Waals surface area contributed by atoms with Crippen molar-refractivity contribution in [3.63, 3.8) is 0 Å². The number of hydrogen-bond donors (Lipinski definition) is 2. The molecule has 0 saturated heterocycles. The highest BCUT2D eigenvalue weighted by atomic mass is 32.2. The maximum atomic E-state index is 11.9. The van der Waals surface area contributed by atoms with Crippen LogP contribution in [0.5, 0.6) is 5.75 Å². The van der Waals surface area contributed by atoms with Crippen LogP contribution in [-0.2, 0) is 16.4 Å². The topological polar surface area (TPSA) is 79.8 Å². The van der Waals surface area contributed by atoms with Crippen molar-refractivity contribution in [3.8, 4) is 5.75 Å². The highest BCUT2D eigenvalue weighted by Gasteiger charge is 2.30. The lowest BCUT2D eigenvalue weighted by Crippen LogP contribution is -2.47. The van der Waals surface area contributed by atoms with Crippen LogP contribution in [0.4, 0.5) is 0 Å². The highest BCUT2D eigenvalue weighted by Crippen LogP contribution is 2.23. The fraction of sp³-hybridized carbons (Fsp3) is 0.650. The summed E-state index contributed by atoms with van der Waals surface area (Å²) < 4.78 is 28.9. The number of ether oxygens (including phenoxy) is 1. The zero-order valence-corrected chi connectivity index (χ0v) is 18.5. The first-order valence-electron chi connectivity index (χ1n) is 9.48. The number of nitrogens with zero attached hydrogens (tertiary/aromatic N) is 1. The molecule has 1 atom stereocenters. The number of sulfone groups is 1. The van der Waals surface area contributed by atoms with Crippen molar-refractivity contribution in [1.82, 2.24) is 10.6 Å². The number of aryl methyl sites for hydroxylation is 1. The molecular weight excluding hydrogens is 362 g/mol. The summed E-state index contributed by atoms with van der Waals surface area (Å²) in [6, 6.07) is 6.10. The van der Waals surface area contributed by atoms with E-state index < -0.39 is 14.6 Å². The summed E-state index contributed by atoms with van der Waals surface area (Å²) in [4.78, 5) is 4.61. The van der Waals surface area contributed by atoms with Crippen LogP contribution in [0.15, 0.2) is 23.2 Å². The molecule has 2 N–H and O–H groups in total. The molecule has 0 bridgehead atoms. The van der Waals surface area contributed by atoms with E-state index in [1.54, 1.807) is 13.8 Å². The van der Waals surface area contributed by atoms with Gasteiger partial charge in [0.25, 0.3) is 0 Å². The molecule has 0 heterocycles. The van der Waals surface area contributed by atoms with Crippen LogP contribution in [0, 0.1) is 6.92 Å². The molecule has 1 rings (SSSR count). The minimum absolute atomic E-state index is 0.136. The first-order chi connectivity index (χ1) is 12.5. The van der Waals surface area contributed by atoms with Gasteiger partial charge in [0, 0.05) is 24.9 Å². The van der Waals surface area contributed by atoms with Crippen molar-refractivity contribution < 1.29 is 13.2 Å². The number of hydrogen-bond acceptors (Lipinski definition) is 4. The van der Waals surface area contributed by atoms with Gasteiger partial charge < -0.3 is 15.4 Å². The van der Waals surface area contributed by atoms with Crippen LogP contribution >= 0.6 is 0 Å². The van der Waals surface area contributed by atoms with Crippen molar-refractivity contribution in [3.05, 3.63) is 29.3 Å². The maximum Gasteiger partial charge on any atom is 0.191 e. The van der Waals surface area contributed by atoms with E-state index in [4.69, 9.17) is 4.74 Å². The fourth-order valence-electron chi connectivity index (χ4n) is 2.14. The molecule has 6 nitrogen and oxygen atoms in total. The predicted octanol–water partition coefficient (Wildman–Crippen LogP) is 3.05. The number of nitrogens with one attached hydrogen (secondary N) is 2. The summed E-state index contributed by atoms with van der Waals surface area (Å²) in [6.07, 6.45) is 2.32. The van der Waals surface area contributed by atoms with E-state index in [2.05, 4.69) is 22.5 Å². The third kappa shape index (κ3) is 7.40.